The van der Waals surface area contributed by atoms with Gasteiger partial charge in [-0.25, -0.2) is 4.98 Å². The zero-order valence-electron chi connectivity index (χ0n) is 13.4. The predicted octanol–water partition coefficient (Wildman–Crippen LogP) is 3.95. The van der Waals surface area contributed by atoms with Crippen molar-refractivity contribution in [2.75, 3.05) is 5.32 Å². The third kappa shape index (κ3) is 5.03. The van der Waals surface area contributed by atoms with Crippen LogP contribution in [-0.2, 0) is 5.75 Å². The summed E-state index contributed by atoms with van der Waals surface area (Å²) in [5.74, 6) is 0.441. The van der Waals surface area contributed by atoms with Crippen LogP contribution in [0.25, 0.3) is 0 Å². The molecule has 0 saturated heterocycles. The van der Waals surface area contributed by atoms with Crippen molar-refractivity contribution in [1.82, 2.24) is 15.2 Å². The van der Waals surface area contributed by atoms with Crippen molar-refractivity contribution in [3.05, 3.63) is 66.0 Å². The van der Waals surface area contributed by atoms with Gasteiger partial charge in [-0.2, -0.15) is 13.9 Å². The van der Waals surface area contributed by atoms with Crippen molar-refractivity contribution >= 4 is 23.4 Å². The Morgan fingerprint density at radius 2 is 1.88 bits per heavy atom. The number of ether oxygens (including phenoxy) is 1. The topological polar surface area (TPSA) is 79.9 Å². The van der Waals surface area contributed by atoms with Gasteiger partial charge in [0.25, 0.3) is 5.91 Å². The molecule has 0 atom stereocenters. The summed E-state index contributed by atoms with van der Waals surface area (Å²) in [6, 6.07) is 12.9. The van der Waals surface area contributed by atoms with Crippen molar-refractivity contribution < 1.29 is 18.3 Å². The average Bonchev–Trinajstić information content (AvgIpc) is 3.15. The second-order valence-corrected chi connectivity index (χ2v) is 6.10. The number of carbonyl (C=O) groups excluding carboxylic acids is 1. The Morgan fingerprint density at radius 3 is 2.50 bits per heavy atom. The van der Waals surface area contributed by atoms with Gasteiger partial charge < -0.3 is 10.1 Å². The van der Waals surface area contributed by atoms with Crippen LogP contribution in [0.2, 0.25) is 0 Å². The third-order valence-electron chi connectivity index (χ3n) is 3.32. The summed E-state index contributed by atoms with van der Waals surface area (Å²) in [7, 11) is 0. The largest absolute Gasteiger partial charge is 0.435 e. The summed E-state index contributed by atoms with van der Waals surface area (Å²) in [5.41, 5.74) is 2.02. The number of thioether (sulfide) groups is 1. The lowest BCUT2D eigenvalue weighted by molar-refractivity contribution is -0.0498. The minimum absolute atomic E-state index is 0.0339. The molecule has 0 spiro atoms. The molecule has 2 N–H and O–H groups in total. The molecule has 9 heteroatoms. The molecule has 0 aliphatic carbocycles. The van der Waals surface area contributed by atoms with Crippen LogP contribution in [0.1, 0.15) is 15.9 Å². The number of nitrogens with zero attached hydrogens (tertiary/aromatic N) is 2. The highest BCUT2D eigenvalue weighted by Crippen LogP contribution is 2.20. The smallest absolute Gasteiger partial charge is 0.387 e. The molecule has 0 unspecified atom stereocenters. The molecule has 3 rings (SSSR count). The Balaban J connectivity index is 1.55. The van der Waals surface area contributed by atoms with E-state index in [-0.39, 0.29) is 11.7 Å². The van der Waals surface area contributed by atoms with Crippen LogP contribution >= 0.6 is 11.8 Å². The van der Waals surface area contributed by atoms with Gasteiger partial charge in [0.1, 0.15) is 12.1 Å². The number of halogens is 2. The molecule has 0 saturated carbocycles. The van der Waals surface area contributed by atoms with Crippen molar-refractivity contribution in [3.8, 4) is 5.75 Å². The predicted molar refractivity (Wildman–Crippen MR) is 93.4 cm³/mol. The molecular weight excluding hydrogens is 362 g/mol. The Kier molecular flexibility index (Phi) is 5.80. The number of amides is 1. The van der Waals surface area contributed by atoms with Crippen molar-refractivity contribution in [1.29, 1.82) is 0 Å². The lowest BCUT2D eigenvalue weighted by Gasteiger charge is -2.08. The van der Waals surface area contributed by atoms with Gasteiger partial charge in [0.2, 0.25) is 0 Å². The molecule has 0 bridgehead atoms. The van der Waals surface area contributed by atoms with Gasteiger partial charge in [-0.3, -0.25) is 9.89 Å². The van der Waals surface area contributed by atoms with Crippen LogP contribution in [0.3, 0.4) is 0 Å². The summed E-state index contributed by atoms with van der Waals surface area (Å²) >= 11 is 1.51. The third-order valence-corrected chi connectivity index (χ3v) is 4.27. The lowest BCUT2D eigenvalue weighted by atomic mass is 10.1. The van der Waals surface area contributed by atoms with Gasteiger partial charge in [-0.05, 0) is 42.0 Å². The molecule has 134 valence electrons. The van der Waals surface area contributed by atoms with Gasteiger partial charge in [0.05, 0.1) is 0 Å². The molecule has 0 fully saturated rings. The quantitative estimate of drug-likeness (QED) is 0.611. The summed E-state index contributed by atoms with van der Waals surface area (Å²) < 4.78 is 28.5. The van der Waals surface area contributed by atoms with Gasteiger partial charge >= 0.3 is 6.61 Å². The molecule has 2 aromatic carbocycles. The number of aromatic amines is 1. The molecule has 1 amide bonds. The maximum absolute atomic E-state index is 12.2. The maximum Gasteiger partial charge on any atom is 0.387 e. The molecule has 0 aliphatic rings. The Morgan fingerprint density at radius 1 is 1.15 bits per heavy atom. The van der Waals surface area contributed by atoms with Crippen molar-refractivity contribution in [2.24, 2.45) is 0 Å². The normalized spacial score (nSPS) is 10.7. The standard InChI is InChI=1S/C17H14F2N4O2S/c18-16(19)25-14-7-5-13(6-8-14)22-15(24)12-3-1-11(2-4-12)9-26-17-20-10-21-23-17/h1-8,10,16H,9H2,(H,22,24)(H,20,21,23). The summed E-state index contributed by atoms with van der Waals surface area (Å²) in [6.45, 7) is -2.88. The van der Waals surface area contributed by atoms with Crippen LogP contribution in [0.4, 0.5) is 14.5 Å². The number of carbonyl (C=O) groups is 1. The first-order valence-electron chi connectivity index (χ1n) is 7.53. The number of alkyl halides is 2. The molecule has 6 nitrogen and oxygen atoms in total. The van der Waals surface area contributed by atoms with Gasteiger partial charge in [-0.15, -0.1) is 0 Å². The number of rotatable bonds is 7. The second kappa shape index (κ2) is 8.43. The van der Waals surface area contributed by atoms with E-state index < -0.39 is 6.61 Å². The van der Waals surface area contributed by atoms with Crippen LogP contribution in [0.5, 0.6) is 5.75 Å². The minimum Gasteiger partial charge on any atom is -0.435 e. The van der Waals surface area contributed by atoms with Crippen LogP contribution in [0.15, 0.2) is 60.0 Å². The lowest BCUT2D eigenvalue weighted by Crippen LogP contribution is -2.11. The minimum atomic E-state index is -2.88. The van der Waals surface area contributed by atoms with E-state index >= 15 is 0 Å². The maximum atomic E-state index is 12.2. The molecule has 0 aliphatic heterocycles. The zero-order valence-corrected chi connectivity index (χ0v) is 14.2. The van der Waals surface area contributed by atoms with E-state index in [2.05, 4.69) is 25.2 Å². The number of benzene rings is 2. The Hall–Kier alpha value is -2.94. The van der Waals surface area contributed by atoms with Gasteiger partial charge in [0, 0.05) is 17.0 Å². The molecule has 3 aromatic rings. The highest BCUT2D eigenvalue weighted by atomic mass is 32.2. The monoisotopic (exact) mass is 376 g/mol. The zero-order chi connectivity index (χ0) is 18.4. The highest BCUT2D eigenvalue weighted by molar-refractivity contribution is 7.98. The van der Waals surface area contributed by atoms with E-state index in [0.717, 1.165) is 10.7 Å². The molecule has 1 aromatic heterocycles. The summed E-state index contributed by atoms with van der Waals surface area (Å²) in [4.78, 5) is 16.3. The van der Waals surface area contributed by atoms with Gasteiger partial charge in [-0.1, -0.05) is 23.9 Å². The Labute approximate surface area is 152 Å². The van der Waals surface area contributed by atoms with E-state index in [1.165, 1.54) is 42.4 Å². The van der Waals surface area contributed by atoms with E-state index in [9.17, 15) is 13.6 Å². The number of hydrogen-bond acceptors (Lipinski definition) is 5. The number of anilines is 1. The number of H-pyrrole nitrogens is 1. The fraction of sp³-hybridized carbons (Fsp3) is 0.118. The fourth-order valence-corrected chi connectivity index (χ4v) is 2.83. The molecule has 1 heterocycles. The van der Waals surface area contributed by atoms with Crippen LogP contribution in [-0.4, -0.2) is 27.7 Å². The molecule has 26 heavy (non-hydrogen) atoms. The van der Waals surface area contributed by atoms with E-state index in [1.807, 2.05) is 12.1 Å². The van der Waals surface area contributed by atoms with E-state index in [0.29, 0.717) is 17.0 Å². The number of nitrogens with one attached hydrogen (secondary N) is 2. The summed E-state index contributed by atoms with van der Waals surface area (Å²) in [5, 5.41) is 9.97. The SMILES string of the molecule is O=C(Nc1ccc(OC(F)F)cc1)c1ccc(CSc2ncn[nH]2)cc1. The van der Waals surface area contributed by atoms with Crippen molar-refractivity contribution in [2.45, 2.75) is 17.5 Å². The second-order valence-electron chi connectivity index (χ2n) is 5.13. The number of hydrogen-bond donors (Lipinski definition) is 2. The fourth-order valence-electron chi connectivity index (χ4n) is 2.09. The Bertz CT molecular complexity index is 840. The van der Waals surface area contributed by atoms with Crippen molar-refractivity contribution in [3.63, 3.8) is 0 Å². The first kappa shape index (κ1) is 17.9. The van der Waals surface area contributed by atoms with Crippen LogP contribution < -0.4 is 10.1 Å². The average molecular weight is 376 g/mol. The van der Waals surface area contributed by atoms with E-state index in [1.54, 1.807) is 12.1 Å². The van der Waals surface area contributed by atoms with Gasteiger partial charge in [0.15, 0.2) is 5.16 Å². The van der Waals surface area contributed by atoms with E-state index in [4.69, 9.17) is 0 Å². The molecular formula is C17H14F2N4O2S. The highest BCUT2D eigenvalue weighted by Gasteiger charge is 2.08. The first-order chi connectivity index (χ1) is 12.6. The number of aromatic nitrogens is 3. The first-order valence-corrected chi connectivity index (χ1v) is 8.52. The van der Waals surface area contributed by atoms with Crippen LogP contribution in [0, 0.1) is 0 Å². The summed E-state index contributed by atoms with van der Waals surface area (Å²) in [6.07, 6.45) is 1.45. The molecule has 0 radical (unpaired) electrons.